The van der Waals surface area contributed by atoms with Gasteiger partial charge in [-0.1, -0.05) is 13.8 Å². The van der Waals surface area contributed by atoms with Crippen molar-refractivity contribution in [1.29, 1.82) is 0 Å². The molecule has 0 radical (unpaired) electrons. The molecule has 7 heteroatoms. The lowest BCUT2D eigenvalue weighted by molar-refractivity contribution is -0.114. The minimum atomic E-state index is -3.60. The first-order chi connectivity index (χ1) is 9.76. The minimum absolute atomic E-state index is 0.0929. The van der Waals surface area contributed by atoms with Crippen molar-refractivity contribution in [3.8, 4) is 5.75 Å². The number of sulfonamides is 1. The molecular formula is C14H22N2O4S. The van der Waals surface area contributed by atoms with E-state index in [1.54, 1.807) is 6.07 Å². The van der Waals surface area contributed by atoms with Crippen LogP contribution in [0.15, 0.2) is 23.1 Å². The summed E-state index contributed by atoms with van der Waals surface area (Å²) >= 11 is 0. The summed E-state index contributed by atoms with van der Waals surface area (Å²) < 4.78 is 32.3. The maximum absolute atomic E-state index is 12.2. The standard InChI is InChI=1S/C14H22N2O4S/c1-5-20-14-7-6-12(8-13(14)16-11(4)17)21(18,19)15-9-10(2)3/h6-8,10,15H,5,9H2,1-4H3,(H,16,17). The molecule has 0 saturated carbocycles. The van der Waals surface area contributed by atoms with Crippen LogP contribution < -0.4 is 14.8 Å². The second-order valence-electron chi connectivity index (χ2n) is 5.02. The van der Waals surface area contributed by atoms with Crippen molar-refractivity contribution in [3.63, 3.8) is 0 Å². The molecule has 0 fully saturated rings. The predicted molar refractivity (Wildman–Crippen MR) is 81.9 cm³/mol. The number of anilines is 1. The molecule has 0 atom stereocenters. The number of hydrogen-bond acceptors (Lipinski definition) is 4. The van der Waals surface area contributed by atoms with Crippen molar-refractivity contribution in [2.75, 3.05) is 18.5 Å². The van der Waals surface area contributed by atoms with Gasteiger partial charge in [-0.25, -0.2) is 13.1 Å². The van der Waals surface area contributed by atoms with E-state index in [2.05, 4.69) is 10.0 Å². The fraction of sp³-hybridized carbons (Fsp3) is 0.500. The number of carbonyl (C=O) groups excluding carboxylic acids is 1. The largest absolute Gasteiger partial charge is 0.492 e. The van der Waals surface area contributed by atoms with Crippen LogP contribution in [0, 0.1) is 5.92 Å². The third-order valence-electron chi connectivity index (χ3n) is 2.55. The Morgan fingerprint density at radius 3 is 2.52 bits per heavy atom. The molecule has 0 unspecified atom stereocenters. The van der Waals surface area contributed by atoms with Crippen LogP contribution in [0.2, 0.25) is 0 Å². The highest BCUT2D eigenvalue weighted by Gasteiger charge is 2.17. The highest BCUT2D eigenvalue weighted by molar-refractivity contribution is 7.89. The molecule has 2 N–H and O–H groups in total. The van der Waals surface area contributed by atoms with Gasteiger partial charge >= 0.3 is 0 Å². The summed E-state index contributed by atoms with van der Waals surface area (Å²) in [6.45, 7) is 7.78. The van der Waals surface area contributed by atoms with Gasteiger partial charge < -0.3 is 10.1 Å². The summed E-state index contributed by atoms with van der Waals surface area (Å²) in [6, 6.07) is 4.40. The van der Waals surface area contributed by atoms with Gasteiger partial charge in [0.25, 0.3) is 0 Å². The number of ether oxygens (including phenoxy) is 1. The SMILES string of the molecule is CCOc1ccc(S(=O)(=O)NCC(C)C)cc1NC(C)=O. The fourth-order valence-corrected chi connectivity index (χ4v) is 2.84. The van der Waals surface area contributed by atoms with E-state index in [1.165, 1.54) is 19.1 Å². The van der Waals surface area contributed by atoms with Crippen LogP contribution in [0.5, 0.6) is 5.75 Å². The van der Waals surface area contributed by atoms with Gasteiger partial charge in [0, 0.05) is 13.5 Å². The van der Waals surface area contributed by atoms with Crippen LogP contribution in [-0.4, -0.2) is 27.5 Å². The molecule has 1 rings (SSSR count). The maximum atomic E-state index is 12.2. The molecule has 6 nitrogen and oxygen atoms in total. The first kappa shape index (κ1) is 17.5. The Kier molecular flexibility index (Phi) is 6.17. The van der Waals surface area contributed by atoms with Gasteiger partial charge in [-0.15, -0.1) is 0 Å². The van der Waals surface area contributed by atoms with Crippen molar-refractivity contribution in [2.45, 2.75) is 32.6 Å². The van der Waals surface area contributed by atoms with E-state index in [1.807, 2.05) is 20.8 Å². The summed E-state index contributed by atoms with van der Waals surface area (Å²) in [5, 5.41) is 2.58. The van der Waals surface area contributed by atoms with Gasteiger partial charge in [0.15, 0.2) is 0 Å². The van der Waals surface area contributed by atoms with E-state index < -0.39 is 10.0 Å². The van der Waals surface area contributed by atoms with Crippen molar-refractivity contribution < 1.29 is 17.9 Å². The predicted octanol–water partition coefficient (Wildman–Crippen LogP) is 1.98. The monoisotopic (exact) mass is 314 g/mol. The van der Waals surface area contributed by atoms with E-state index in [-0.39, 0.29) is 16.7 Å². The Morgan fingerprint density at radius 2 is 2.00 bits per heavy atom. The van der Waals surface area contributed by atoms with E-state index >= 15 is 0 Å². The zero-order valence-corrected chi connectivity index (χ0v) is 13.6. The van der Waals surface area contributed by atoms with Gasteiger partial charge in [0.1, 0.15) is 5.75 Å². The van der Waals surface area contributed by atoms with Crippen molar-refractivity contribution in [2.24, 2.45) is 5.92 Å². The molecule has 0 aliphatic carbocycles. The summed E-state index contributed by atoms with van der Waals surface area (Å²) in [5.74, 6) is 0.355. The van der Waals surface area contributed by atoms with Crippen LogP contribution in [0.4, 0.5) is 5.69 Å². The lowest BCUT2D eigenvalue weighted by Gasteiger charge is -2.13. The highest BCUT2D eigenvalue weighted by Crippen LogP contribution is 2.27. The highest BCUT2D eigenvalue weighted by atomic mass is 32.2. The van der Waals surface area contributed by atoms with Crippen LogP contribution in [-0.2, 0) is 14.8 Å². The van der Waals surface area contributed by atoms with Gasteiger partial charge in [-0.2, -0.15) is 0 Å². The summed E-state index contributed by atoms with van der Waals surface area (Å²) in [5.41, 5.74) is 0.344. The van der Waals surface area contributed by atoms with E-state index in [0.29, 0.717) is 24.6 Å². The van der Waals surface area contributed by atoms with E-state index in [9.17, 15) is 13.2 Å². The molecule has 0 aliphatic heterocycles. The Labute approximate surface area is 125 Å². The van der Waals surface area contributed by atoms with Gasteiger partial charge in [0.2, 0.25) is 15.9 Å². The van der Waals surface area contributed by atoms with E-state index in [0.717, 1.165) is 0 Å². The van der Waals surface area contributed by atoms with E-state index in [4.69, 9.17) is 4.74 Å². The van der Waals surface area contributed by atoms with Crippen molar-refractivity contribution in [3.05, 3.63) is 18.2 Å². The summed E-state index contributed by atoms with van der Waals surface area (Å²) in [6.07, 6.45) is 0. The molecule has 1 aromatic rings. The molecule has 0 aromatic heterocycles. The van der Waals surface area contributed by atoms with Crippen molar-refractivity contribution in [1.82, 2.24) is 4.72 Å². The third kappa shape index (κ3) is 5.35. The number of rotatable bonds is 7. The lowest BCUT2D eigenvalue weighted by Crippen LogP contribution is -2.27. The smallest absolute Gasteiger partial charge is 0.240 e. The molecule has 118 valence electrons. The summed E-state index contributed by atoms with van der Waals surface area (Å²) in [7, 11) is -3.60. The number of amides is 1. The number of hydrogen-bond donors (Lipinski definition) is 2. The minimum Gasteiger partial charge on any atom is -0.492 e. The molecule has 0 saturated heterocycles. The quantitative estimate of drug-likeness (QED) is 0.806. The molecule has 1 amide bonds. The fourth-order valence-electron chi connectivity index (χ4n) is 1.60. The molecule has 1 aromatic carbocycles. The van der Waals surface area contributed by atoms with Crippen LogP contribution in [0.25, 0.3) is 0 Å². The zero-order valence-electron chi connectivity index (χ0n) is 12.8. The second-order valence-corrected chi connectivity index (χ2v) is 6.78. The average Bonchev–Trinajstić information content (AvgIpc) is 2.38. The van der Waals surface area contributed by atoms with Gasteiger partial charge in [-0.05, 0) is 31.0 Å². The van der Waals surface area contributed by atoms with Gasteiger partial charge in [0.05, 0.1) is 17.2 Å². The first-order valence-corrected chi connectivity index (χ1v) is 8.28. The molecule has 21 heavy (non-hydrogen) atoms. The Morgan fingerprint density at radius 1 is 1.33 bits per heavy atom. The number of nitrogens with one attached hydrogen (secondary N) is 2. The first-order valence-electron chi connectivity index (χ1n) is 6.80. The van der Waals surface area contributed by atoms with Crippen LogP contribution in [0.1, 0.15) is 27.7 Å². The Balaban J connectivity index is 3.11. The van der Waals surface area contributed by atoms with Gasteiger partial charge in [-0.3, -0.25) is 4.79 Å². The second kappa shape index (κ2) is 7.42. The topological polar surface area (TPSA) is 84.5 Å². The van der Waals surface area contributed by atoms with Crippen molar-refractivity contribution >= 4 is 21.6 Å². The Hall–Kier alpha value is -1.60. The maximum Gasteiger partial charge on any atom is 0.240 e. The molecular weight excluding hydrogens is 292 g/mol. The third-order valence-corrected chi connectivity index (χ3v) is 3.97. The molecule has 0 spiro atoms. The average molecular weight is 314 g/mol. The molecule has 0 aliphatic rings. The summed E-state index contributed by atoms with van der Waals surface area (Å²) in [4.78, 5) is 11.3. The Bertz CT molecular complexity index is 597. The molecule has 0 bridgehead atoms. The van der Waals surface area contributed by atoms with Crippen LogP contribution >= 0.6 is 0 Å². The zero-order chi connectivity index (χ0) is 16.0. The normalized spacial score (nSPS) is 11.5. The van der Waals surface area contributed by atoms with Crippen LogP contribution in [0.3, 0.4) is 0 Å². The number of carbonyl (C=O) groups is 1. The lowest BCUT2D eigenvalue weighted by atomic mass is 10.2. The molecule has 0 heterocycles. The number of benzene rings is 1.